The Morgan fingerprint density at radius 3 is 2.33 bits per heavy atom. The van der Waals surface area contributed by atoms with Crippen LogP contribution in [-0.4, -0.2) is 51.7 Å². The van der Waals surface area contributed by atoms with Crippen molar-refractivity contribution in [3.8, 4) is 5.69 Å². The SMILES string of the molecule is Cc1cccc(N2CCN(C(=O)c3nn(-c4ccccc4[N+](=O)[O-])c(C)cc3=O)CC2)c1C. The first-order valence-electron chi connectivity index (χ1n) is 10.7. The third-order valence-electron chi connectivity index (χ3n) is 6.10. The number of amides is 1. The number of hydrogen-bond donors (Lipinski definition) is 0. The highest BCUT2D eigenvalue weighted by Crippen LogP contribution is 2.25. The van der Waals surface area contributed by atoms with Gasteiger partial charge in [0.15, 0.2) is 5.69 Å². The minimum absolute atomic E-state index is 0.155. The molecule has 0 unspecified atom stereocenters. The fraction of sp³-hybridized carbons (Fsp3) is 0.292. The van der Waals surface area contributed by atoms with Crippen molar-refractivity contribution < 1.29 is 9.72 Å². The van der Waals surface area contributed by atoms with Crippen molar-refractivity contribution in [3.63, 3.8) is 0 Å². The number of nitrogens with zero attached hydrogens (tertiary/aromatic N) is 5. The molecule has 0 bridgehead atoms. The number of anilines is 1. The zero-order valence-corrected chi connectivity index (χ0v) is 18.8. The quantitative estimate of drug-likeness (QED) is 0.450. The molecule has 2 aromatic carbocycles. The number of rotatable bonds is 4. The number of para-hydroxylation sites is 2. The summed E-state index contributed by atoms with van der Waals surface area (Å²) in [5.74, 6) is -0.465. The van der Waals surface area contributed by atoms with Crippen LogP contribution in [0, 0.1) is 30.9 Å². The Morgan fingerprint density at radius 2 is 1.64 bits per heavy atom. The van der Waals surface area contributed by atoms with Gasteiger partial charge in [0.2, 0.25) is 5.43 Å². The molecule has 0 spiro atoms. The Bertz CT molecular complexity index is 1290. The van der Waals surface area contributed by atoms with Crippen LogP contribution in [0.2, 0.25) is 0 Å². The molecular weight excluding hydrogens is 422 g/mol. The maximum absolute atomic E-state index is 13.2. The number of piperazine rings is 1. The molecule has 33 heavy (non-hydrogen) atoms. The van der Waals surface area contributed by atoms with Crippen LogP contribution in [0.15, 0.2) is 53.3 Å². The summed E-state index contributed by atoms with van der Waals surface area (Å²) >= 11 is 0. The third kappa shape index (κ3) is 4.21. The highest BCUT2D eigenvalue weighted by atomic mass is 16.6. The highest BCUT2D eigenvalue weighted by Gasteiger charge is 2.27. The van der Waals surface area contributed by atoms with E-state index in [0.717, 1.165) is 5.69 Å². The number of aromatic nitrogens is 2. The fourth-order valence-electron chi connectivity index (χ4n) is 4.12. The summed E-state index contributed by atoms with van der Waals surface area (Å²) < 4.78 is 1.29. The lowest BCUT2D eigenvalue weighted by Crippen LogP contribution is -2.50. The maximum Gasteiger partial charge on any atom is 0.294 e. The minimum Gasteiger partial charge on any atom is -0.368 e. The molecule has 0 atom stereocenters. The second-order valence-corrected chi connectivity index (χ2v) is 8.15. The van der Waals surface area contributed by atoms with Crippen molar-refractivity contribution in [1.82, 2.24) is 14.7 Å². The van der Waals surface area contributed by atoms with Crippen LogP contribution in [0.1, 0.15) is 27.3 Å². The van der Waals surface area contributed by atoms with E-state index in [9.17, 15) is 19.7 Å². The highest BCUT2D eigenvalue weighted by molar-refractivity contribution is 5.92. The summed E-state index contributed by atoms with van der Waals surface area (Å²) in [6, 6.07) is 13.6. The number of hydrogen-bond acceptors (Lipinski definition) is 6. The number of benzene rings is 2. The normalized spacial score (nSPS) is 13.8. The van der Waals surface area contributed by atoms with Gasteiger partial charge in [0.1, 0.15) is 5.69 Å². The van der Waals surface area contributed by atoms with E-state index in [4.69, 9.17) is 0 Å². The van der Waals surface area contributed by atoms with Crippen LogP contribution in [0.5, 0.6) is 0 Å². The molecule has 9 nitrogen and oxygen atoms in total. The Labute approximate surface area is 191 Å². The Balaban J connectivity index is 1.60. The van der Waals surface area contributed by atoms with Gasteiger partial charge in [-0.25, -0.2) is 4.68 Å². The van der Waals surface area contributed by atoms with Gasteiger partial charge in [-0.05, 0) is 44.0 Å². The summed E-state index contributed by atoms with van der Waals surface area (Å²) in [6.45, 7) is 7.97. The monoisotopic (exact) mass is 447 g/mol. The van der Waals surface area contributed by atoms with Gasteiger partial charge in [0, 0.05) is 49.7 Å². The van der Waals surface area contributed by atoms with E-state index in [1.807, 2.05) is 6.07 Å². The number of aryl methyl sites for hydroxylation is 2. The van der Waals surface area contributed by atoms with Gasteiger partial charge in [-0.2, -0.15) is 5.10 Å². The van der Waals surface area contributed by atoms with Gasteiger partial charge in [-0.3, -0.25) is 19.7 Å². The van der Waals surface area contributed by atoms with Gasteiger partial charge < -0.3 is 9.80 Å². The second-order valence-electron chi connectivity index (χ2n) is 8.15. The molecule has 1 aliphatic heterocycles. The first-order chi connectivity index (χ1) is 15.8. The van der Waals surface area contributed by atoms with Crippen LogP contribution in [0.3, 0.4) is 0 Å². The van der Waals surface area contributed by atoms with Crippen LogP contribution < -0.4 is 10.3 Å². The molecular formula is C24H25N5O4. The Kier molecular flexibility index (Phi) is 5.95. The van der Waals surface area contributed by atoms with Crippen LogP contribution in [0.25, 0.3) is 5.69 Å². The van der Waals surface area contributed by atoms with Crippen molar-refractivity contribution in [2.24, 2.45) is 0 Å². The summed E-state index contributed by atoms with van der Waals surface area (Å²) in [6.07, 6.45) is 0. The molecule has 1 saturated heterocycles. The average Bonchev–Trinajstić information content (AvgIpc) is 2.81. The van der Waals surface area contributed by atoms with Gasteiger partial charge in [-0.1, -0.05) is 24.3 Å². The van der Waals surface area contributed by atoms with E-state index in [1.165, 1.54) is 27.9 Å². The van der Waals surface area contributed by atoms with Gasteiger partial charge in [-0.15, -0.1) is 0 Å². The van der Waals surface area contributed by atoms with Crippen molar-refractivity contribution in [3.05, 3.63) is 91.4 Å². The van der Waals surface area contributed by atoms with E-state index >= 15 is 0 Å². The first kappa shape index (κ1) is 22.2. The lowest BCUT2D eigenvalue weighted by atomic mass is 10.1. The van der Waals surface area contributed by atoms with E-state index in [0.29, 0.717) is 31.9 Å². The molecule has 4 rings (SSSR count). The van der Waals surface area contributed by atoms with E-state index in [1.54, 1.807) is 30.0 Å². The molecule has 2 heterocycles. The molecule has 1 amide bonds. The summed E-state index contributed by atoms with van der Waals surface area (Å²) in [4.78, 5) is 40.6. The van der Waals surface area contributed by atoms with Crippen molar-refractivity contribution >= 4 is 17.3 Å². The molecule has 1 aromatic heterocycles. The van der Waals surface area contributed by atoms with Crippen molar-refractivity contribution in [1.29, 1.82) is 0 Å². The molecule has 1 aliphatic rings. The summed E-state index contributed by atoms with van der Waals surface area (Å²) in [5.41, 5.74) is 3.30. The molecule has 1 fully saturated rings. The summed E-state index contributed by atoms with van der Waals surface area (Å²) in [7, 11) is 0. The molecule has 3 aromatic rings. The maximum atomic E-state index is 13.2. The zero-order valence-electron chi connectivity index (χ0n) is 18.8. The van der Waals surface area contributed by atoms with Crippen molar-refractivity contribution in [2.75, 3.05) is 31.1 Å². The van der Waals surface area contributed by atoms with E-state index < -0.39 is 16.3 Å². The summed E-state index contributed by atoms with van der Waals surface area (Å²) in [5, 5.41) is 15.7. The lowest BCUT2D eigenvalue weighted by Gasteiger charge is -2.36. The molecule has 0 radical (unpaired) electrons. The van der Waals surface area contributed by atoms with E-state index in [2.05, 4.69) is 36.0 Å². The minimum atomic E-state index is -0.511. The van der Waals surface area contributed by atoms with Crippen molar-refractivity contribution in [2.45, 2.75) is 20.8 Å². The van der Waals surface area contributed by atoms with E-state index in [-0.39, 0.29) is 17.1 Å². The standard InChI is InChI=1S/C24H25N5O4/c1-16-7-6-10-19(18(16)3)26-11-13-27(14-12-26)24(31)23-22(30)15-17(2)28(25-23)20-8-4-5-9-21(20)29(32)33/h4-10,15H,11-14H2,1-3H3. The smallest absolute Gasteiger partial charge is 0.294 e. The number of nitro groups is 1. The Morgan fingerprint density at radius 1 is 0.970 bits per heavy atom. The van der Waals surface area contributed by atoms with Gasteiger partial charge >= 0.3 is 0 Å². The molecule has 0 aliphatic carbocycles. The number of carbonyl (C=O) groups excluding carboxylic acids is 1. The second kappa shape index (κ2) is 8.85. The predicted molar refractivity (Wildman–Crippen MR) is 125 cm³/mol. The number of carbonyl (C=O) groups is 1. The molecule has 9 heteroatoms. The average molecular weight is 447 g/mol. The van der Waals surface area contributed by atoms with Gasteiger partial charge in [0.05, 0.1) is 4.92 Å². The third-order valence-corrected chi connectivity index (χ3v) is 6.10. The fourth-order valence-corrected chi connectivity index (χ4v) is 4.12. The lowest BCUT2D eigenvalue weighted by molar-refractivity contribution is -0.384. The van der Waals surface area contributed by atoms with Crippen LogP contribution in [-0.2, 0) is 0 Å². The Hall–Kier alpha value is -4.01. The molecule has 0 saturated carbocycles. The topological polar surface area (TPSA) is 102 Å². The largest absolute Gasteiger partial charge is 0.368 e. The number of nitro benzene ring substituents is 1. The van der Waals surface area contributed by atoms with Crippen LogP contribution >= 0.6 is 0 Å². The zero-order chi connectivity index (χ0) is 23.7. The van der Waals surface area contributed by atoms with Crippen LogP contribution in [0.4, 0.5) is 11.4 Å². The predicted octanol–water partition coefficient (Wildman–Crippen LogP) is 3.03. The molecule has 0 N–H and O–H groups in total. The molecule has 170 valence electrons. The van der Waals surface area contributed by atoms with Gasteiger partial charge in [0.25, 0.3) is 11.6 Å². The first-order valence-corrected chi connectivity index (χ1v) is 10.7.